The van der Waals surface area contributed by atoms with E-state index in [9.17, 15) is 4.79 Å². The van der Waals surface area contributed by atoms with Crippen LogP contribution in [-0.2, 0) is 11.2 Å². The van der Waals surface area contributed by atoms with Crippen LogP contribution < -0.4 is 5.32 Å². The third kappa shape index (κ3) is 8.87. The molecule has 0 aliphatic heterocycles. The van der Waals surface area contributed by atoms with Gasteiger partial charge in [-0.25, -0.2) is 4.79 Å². The molecule has 0 heterocycles. The van der Waals surface area contributed by atoms with Gasteiger partial charge >= 0.3 is 5.91 Å². The molecule has 112 valence electrons. The number of amides is 1. The maximum Gasteiger partial charge on any atom is 0.310 e. The minimum absolute atomic E-state index is 0.297. The molecule has 0 bridgehead atoms. The number of hydrogen-bond donors (Lipinski definition) is 1. The Balaban J connectivity index is 1.82. The highest BCUT2D eigenvalue weighted by atomic mass is 16.1. The molecule has 0 aliphatic rings. The zero-order valence-corrected chi connectivity index (χ0v) is 12.9. The van der Waals surface area contributed by atoms with E-state index in [1.54, 1.807) is 5.32 Å². The van der Waals surface area contributed by atoms with Crippen molar-refractivity contribution in [2.75, 3.05) is 7.05 Å². The molecule has 1 aromatic rings. The van der Waals surface area contributed by atoms with Crippen molar-refractivity contribution in [3.8, 4) is 0 Å². The second-order valence-electron chi connectivity index (χ2n) is 5.57. The lowest BCUT2D eigenvalue weighted by molar-refractivity contribution is -0.539. The number of rotatable bonds is 11. The predicted molar refractivity (Wildman–Crippen MR) is 84.6 cm³/mol. The van der Waals surface area contributed by atoms with Crippen LogP contribution in [0.15, 0.2) is 30.3 Å². The minimum atomic E-state index is 0.297. The number of primary amides is 1. The Labute approximate surface area is 124 Å². The summed E-state index contributed by atoms with van der Waals surface area (Å²) >= 11 is 0. The lowest BCUT2D eigenvalue weighted by atomic mass is 10.0. The third-order valence-corrected chi connectivity index (χ3v) is 3.80. The van der Waals surface area contributed by atoms with Crippen LogP contribution in [0.3, 0.4) is 0 Å². The molecule has 0 aromatic heterocycles. The van der Waals surface area contributed by atoms with Crippen LogP contribution in [-0.4, -0.2) is 13.0 Å². The molecule has 2 heteroatoms. The van der Waals surface area contributed by atoms with Crippen LogP contribution in [0.2, 0.25) is 0 Å². The minimum Gasteiger partial charge on any atom is -0.286 e. The number of hydrogen-bond acceptors (Lipinski definition) is 1. The Hall–Kier alpha value is -1.15. The van der Waals surface area contributed by atoms with Crippen molar-refractivity contribution >= 4 is 5.91 Å². The lowest BCUT2D eigenvalue weighted by Gasteiger charge is -2.02. The van der Waals surface area contributed by atoms with Gasteiger partial charge in [-0.15, -0.1) is 0 Å². The van der Waals surface area contributed by atoms with Crippen LogP contribution in [0.1, 0.15) is 63.4 Å². The number of benzene rings is 1. The molecule has 0 atom stereocenters. The number of nitrogens with two attached hydrogens (primary N) is 1. The smallest absolute Gasteiger partial charge is 0.286 e. The van der Waals surface area contributed by atoms with Gasteiger partial charge in [0.2, 0.25) is 0 Å². The summed E-state index contributed by atoms with van der Waals surface area (Å²) in [6.45, 7) is 0. The average Bonchev–Trinajstić information content (AvgIpc) is 2.50. The number of unbranched alkanes of at least 4 members (excludes halogenated alkanes) is 7. The van der Waals surface area contributed by atoms with Gasteiger partial charge in [0, 0.05) is 0 Å². The van der Waals surface area contributed by atoms with Crippen LogP contribution in [0, 0.1) is 0 Å². The van der Waals surface area contributed by atoms with Gasteiger partial charge in [-0.05, 0) is 24.8 Å². The summed E-state index contributed by atoms with van der Waals surface area (Å²) in [6, 6.07) is 10.8. The number of carbonyl (C=O) groups excluding carboxylic acids is 1. The molecule has 0 fully saturated rings. The van der Waals surface area contributed by atoms with E-state index in [0.717, 1.165) is 12.8 Å². The van der Waals surface area contributed by atoms with Gasteiger partial charge in [0.15, 0.2) is 0 Å². The first-order valence-corrected chi connectivity index (χ1v) is 8.19. The van der Waals surface area contributed by atoms with Gasteiger partial charge in [-0.1, -0.05) is 68.9 Å². The number of aryl methyl sites for hydroxylation is 1. The molecule has 0 unspecified atom stereocenters. The van der Waals surface area contributed by atoms with Gasteiger partial charge < -0.3 is 0 Å². The molecule has 1 aromatic carbocycles. The van der Waals surface area contributed by atoms with E-state index in [1.807, 2.05) is 7.05 Å². The van der Waals surface area contributed by atoms with Crippen LogP contribution in [0.25, 0.3) is 0 Å². The number of carbonyl (C=O) groups is 1. The van der Waals surface area contributed by atoms with Crippen LogP contribution >= 0.6 is 0 Å². The first-order chi connectivity index (χ1) is 9.83. The maximum absolute atomic E-state index is 11.1. The molecule has 2 N–H and O–H groups in total. The highest BCUT2D eigenvalue weighted by Crippen LogP contribution is 2.11. The summed E-state index contributed by atoms with van der Waals surface area (Å²) in [6.07, 6.45) is 12.2. The van der Waals surface area contributed by atoms with Crippen molar-refractivity contribution in [1.29, 1.82) is 0 Å². The quantitative estimate of drug-likeness (QED) is 0.617. The van der Waals surface area contributed by atoms with E-state index in [4.69, 9.17) is 0 Å². The van der Waals surface area contributed by atoms with Crippen LogP contribution in [0.4, 0.5) is 0 Å². The van der Waals surface area contributed by atoms with Gasteiger partial charge in [0.05, 0.1) is 13.5 Å². The monoisotopic (exact) mass is 276 g/mol. The van der Waals surface area contributed by atoms with Crippen molar-refractivity contribution in [2.45, 2.75) is 64.2 Å². The summed E-state index contributed by atoms with van der Waals surface area (Å²) < 4.78 is 0. The molecule has 0 spiro atoms. The SMILES string of the molecule is C[NH2+]C(=O)CCCCCCCCCCc1ccccc1. The maximum atomic E-state index is 11.1. The van der Waals surface area contributed by atoms with Crippen molar-refractivity contribution in [3.05, 3.63) is 35.9 Å². The predicted octanol–water partition coefficient (Wildman–Crippen LogP) is 3.46. The van der Waals surface area contributed by atoms with E-state index in [2.05, 4.69) is 30.3 Å². The normalized spacial score (nSPS) is 10.7. The highest BCUT2D eigenvalue weighted by Gasteiger charge is 2.00. The van der Waals surface area contributed by atoms with Gasteiger partial charge in [-0.2, -0.15) is 0 Å². The Bertz CT molecular complexity index is 348. The molecule has 1 rings (SSSR count). The van der Waals surface area contributed by atoms with E-state index in [-0.39, 0.29) is 0 Å². The molecular weight excluding hydrogens is 246 g/mol. The Kier molecular flexibility index (Phi) is 9.85. The zero-order valence-electron chi connectivity index (χ0n) is 12.9. The van der Waals surface area contributed by atoms with E-state index < -0.39 is 0 Å². The molecule has 2 nitrogen and oxygen atoms in total. The van der Waals surface area contributed by atoms with Crippen LogP contribution in [0.5, 0.6) is 0 Å². The topological polar surface area (TPSA) is 33.7 Å². The van der Waals surface area contributed by atoms with E-state index >= 15 is 0 Å². The molecular formula is C18H30NO+. The summed E-state index contributed by atoms with van der Waals surface area (Å²) in [7, 11) is 1.83. The summed E-state index contributed by atoms with van der Waals surface area (Å²) in [5.74, 6) is 0.297. The van der Waals surface area contributed by atoms with Crippen molar-refractivity contribution in [1.82, 2.24) is 0 Å². The third-order valence-electron chi connectivity index (χ3n) is 3.80. The second kappa shape index (κ2) is 11.7. The van der Waals surface area contributed by atoms with Gasteiger partial charge in [0.25, 0.3) is 0 Å². The molecule has 0 saturated heterocycles. The summed E-state index contributed by atoms with van der Waals surface area (Å²) in [5.41, 5.74) is 1.46. The molecule has 0 saturated carbocycles. The first kappa shape index (κ1) is 16.9. The summed E-state index contributed by atoms with van der Waals surface area (Å²) in [5, 5.41) is 1.69. The Morgan fingerprint density at radius 2 is 1.40 bits per heavy atom. The molecule has 1 amide bonds. The molecule has 0 radical (unpaired) electrons. The largest absolute Gasteiger partial charge is 0.310 e. The number of quaternary nitrogens is 1. The lowest BCUT2D eigenvalue weighted by Crippen LogP contribution is -2.83. The fraction of sp³-hybridized carbons (Fsp3) is 0.611. The standard InChI is InChI=1S/C18H29NO/c1-19-18(20)16-12-7-5-3-2-4-6-9-13-17-14-10-8-11-15-17/h8,10-11,14-15H,2-7,9,12-13,16H2,1H3,(H,19,20)/p+1. The Morgan fingerprint density at radius 1 is 0.850 bits per heavy atom. The van der Waals surface area contributed by atoms with Gasteiger partial charge in [0.1, 0.15) is 0 Å². The van der Waals surface area contributed by atoms with E-state index in [1.165, 1.54) is 56.9 Å². The molecule has 20 heavy (non-hydrogen) atoms. The fourth-order valence-corrected chi connectivity index (χ4v) is 2.48. The fourth-order valence-electron chi connectivity index (χ4n) is 2.48. The first-order valence-electron chi connectivity index (χ1n) is 8.19. The zero-order chi connectivity index (χ0) is 14.5. The van der Waals surface area contributed by atoms with E-state index in [0.29, 0.717) is 5.91 Å². The average molecular weight is 276 g/mol. The summed E-state index contributed by atoms with van der Waals surface area (Å²) in [4.78, 5) is 11.1. The van der Waals surface area contributed by atoms with Crippen molar-refractivity contribution in [3.63, 3.8) is 0 Å². The second-order valence-corrected chi connectivity index (χ2v) is 5.57. The Morgan fingerprint density at radius 3 is 2.00 bits per heavy atom. The highest BCUT2D eigenvalue weighted by molar-refractivity contribution is 5.64. The van der Waals surface area contributed by atoms with Crippen molar-refractivity contribution in [2.24, 2.45) is 0 Å². The van der Waals surface area contributed by atoms with Crippen molar-refractivity contribution < 1.29 is 10.1 Å². The molecule has 0 aliphatic carbocycles. The van der Waals surface area contributed by atoms with Gasteiger partial charge in [-0.3, -0.25) is 5.32 Å².